The Morgan fingerprint density at radius 2 is 2.19 bits per heavy atom. The van der Waals surface area contributed by atoms with Crippen molar-refractivity contribution in [3.63, 3.8) is 0 Å². The number of rotatable bonds is 4. The predicted octanol–water partition coefficient (Wildman–Crippen LogP) is 3.46. The Labute approximate surface area is 99.5 Å². The lowest BCUT2D eigenvalue weighted by atomic mass is 10.2. The van der Waals surface area contributed by atoms with Crippen molar-refractivity contribution in [2.45, 2.75) is 32.9 Å². The molecule has 0 bridgehead atoms. The summed E-state index contributed by atoms with van der Waals surface area (Å²) < 4.78 is 5.37. The summed E-state index contributed by atoms with van der Waals surface area (Å²) in [4.78, 5) is 5.55. The lowest BCUT2D eigenvalue weighted by Gasteiger charge is -2.17. The number of hydrogen-bond acceptors (Lipinski definition) is 4. The van der Waals surface area contributed by atoms with Crippen molar-refractivity contribution < 1.29 is 4.42 Å². The number of aryl methyl sites for hydroxylation is 1. The average molecular weight is 236 g/mol. The minimum absolute atomic E-state index is 0.214. The Bertz CT molecular complexity index is 436. The topological polar surface area (TPSA) is 38.1 Å². The summed E-state index contributed by atoms with van der Waals surface area (Å²) in [7, 11) is 0. The second-order valence-electron chi connectivity index (χ2n) is 3.93. The molecule has 1 N–H and O–H groups in total. The van der Waals surface area contributed by atoms with Gasteiger partial charge in [0.15, 0.2) is 0 Å². The molecule has 0 saturated heterocycles. The number of aromatic nitrogens is 1. The summed E-state index contributed by atoms with van der Waals surface area (Å²) in [6.07, 6.45) is 1.70. The van der Waals surface area contributed by atoms with Gasteiger partial charge in [-0.2, -0.15) is 0 Å². The molecule has 16 heavy (non-hydrogen) atoms. The molecule has 0 amide bonds. The van der Waals surface area contributed by atoms with E-state index in [-0.39, 0.29) is 6.04 Å². The summed E-state index contributed by atoms with van der Waals surface area (Å²) in [6.45, 7) is 6.30. The summed E-state index contributed by atoms with van der Waals surface area (Å²) in [5, 5.41) is 3.50. The van der Waals surface area contributed by atoms with Gasteiger partial charge in [0.1, 0.15) is 5.76 Å². The van der Waals surface area contributed by atoms with E-state index in [9.17, 15) is 0 Å². The summed E-state index contributed by atoms with van der Waals surface area (Å²) in [5.41, 5.74) is 3.00. The molecular weight excluding hydrogens is 220 g/mol. The Morgan fingerprint density at radius 1 is 1.38 bits per heavy atom. The Hall–Kier alpha value is -1.13. The Morgan fingerprint density at radius 3 is 2.75 bits per heavy atom. The van der Waals surface area contributed by atoms with Gasteiger partial charge in [-0.3, -0.25) is 0 Å². The molecule has 2 aromatic rings. The first-order valence-electron chi connectivity index (χ1n) is 5.38. The molecule has 2 aromatic heterocycles. The van der Waals surface area contributed by atoms with Crippen LogP contribution >= 0.6 is 11.3 Å². The fourth-order valence-electron chi connectivity index (χ4n) is 1.80. The monoisotopic (exact) mass is 236 g/mol. The van der Waals surface area contributed by atoms with Crippen LogP contribution < -0.4 is 5.32 Å². The number of thiazole rings is 1. The van der Waals surface area contributed by atoms with Gasteiger partial charge >= 0.3 is 0 Å². The number of nitrogens with zero attached hydrogens (tertiary/aromatic N) is 1. The molecule has 2 unspecified atom stereocenters. The van der Waals surface area contributed by atoms with Crippen LogP contribution in [0.5, 0.6) is 0 Å². The molecule has 0 saturated carbocycles. The van der Waals surface area contributed by atoms with Gasteiger partial charge in [0.2, 0.25) is 0 Å². The highest BCUT2D eigenvalue weighted by atomic mass is 32.1. The SMILES string of the molecule is Cc1ncsc1C(C)NC(C)c1ccco1. The summed E-state index contributed by atoms with van der Waals surface area (Å²) in [6, 6.07) is 4.42. The van der Waals surface area contributed by atoms with E-state index < -0.39 is 0 Å². The highest BCUT2D eigenvalue weighted by Crippen LogP contribution is 2.24. The van der Waals surface area contributed by atoms with E-state index in [1.54, 1.807) is 17.6 Å². The molecule has 2 heterocycles. The Kier molecular flexibility index (Phi) is 3.41. The van der Waals surface area contributed by atoms with Gasteiger partial charge in [-0.05, 0) is 32.9 Å². The number of hydrogen-bond donors (Lipinski definition) is 1. The van der Waals surface area contributed by atoms with Gasteiger partial charge in [-0.1, -0.05) is 0 Å². The standard InChI is InChI=1S/C12H16N2OS/c1-8(11-5-4-6-15-11)14-10(3)12-9(2)13-7-16-12/h4-8,10,14H,1-3H3. The van der Waals surface area contributed by atoms with Crippen LogP contribution in [0.2, 0.25) is 0 Å². The maximum Gasteiger partial charge on any atom is 0.120 e. The maximum absolute atomic E-state index is 5.37. The molecule has 0 aliphatic carbocycles. The zero-order chi connectivity index (χ0) is 11.5. The molecule has 0 spiro atoms. The second kappa shape index (κ2) is 4.80. The third kappa shape index (κ3) is 2.33. The molecule has 0 aromatic carbocycles. The summed E-state index contributed by atoms with van der Waals surface area (Å²) >= 11 is 1.69. The number of furan rings is 1. The van der Waals surface area contributed by atoms with E-state index in [2.05, 4.69) is 24.1 Å². The van der Waals surface area contributed by atoms with Crippen LogP contribution in [-0.4, -0.2) is 4.98 Å². The smallest absolute Gasteiger partial charge is 0.120 e. The molecule has 0 aliphatic heterocycles. The van der Waals surface area contributed by atoms with Crippen LogP contribution in [0.3, 0.4) is 0 Å². The summed E-state index contributed by atoms with van der Waals surface area (Å²) in [5.74, 6) is 0.967. The average Bonchev–Trinajstić information content (AvgIpc) is 2.86. The van der Waals surface area contributed by atoms with Gasteiger partial charge in [0, 0.05) is 10.9 Å². The molecule has 2 rings (SSSR count). The molecule has 2 atom stereocenters. The van der Waals surface area contributed by atoms with E-state index in [0.29, 0.717) is 6.04 Å². The molecule has 86 valence electrons. The van der Waals surface area contributed by atoms with E-state index in [1.807, 2.05) is 24.6 Å². The van der Waals surface area contributed by atoms with Crippen molar-refractivity contribution in [2.75, 3.05) is 0 Å². The lowest BCUT2D eigenvalue weighted by molar-refractivity contribution is 0.404. The van der Waals surface area contributed by atoms with E-state index in [1.165, 1.54) is 4.88 Å². The lowest BCUT2D eigenvalue weighted by Crippen LogP contribution is -2.21. The minimum Gasteiger partial charge on any atom is -0.468 e. The van der Waals surface area contributed by atoms with Crippen molar-refractivity contribution in [1.82, 2.24) is 10.3 Å². The second-order valence-corrected chi connectivity index (χ2v) is 4.81. The zero-order valence-electron chi connectivity index (χ0n) is 9.73. The largest absolute Gasteiger partial charge is 0.468 e. The van der Waals surface area contributed by atoms with E-state index in [4.69, 9.17) is 4.42 Å². The zero-order valence-corrected chi connectivity index (χ0v) is 10.5. The highest BCUT2D eigenvalue weighted by Gasteiger charge is 2.15. The molecule has 0 fully saturated rings. The third-order valence-corrected chi connectivity index (χ3v) is 3.76. The van der Waals surface area contributed by atoms with Crippen LogP contribution in [0, 0.1) is 6.92 Å². The first-order chi connectivity index (χ1) is 7.68. The van der Waals surface area contributed by atoms with E-state index >= 15 is 0 Å². The van der Waals surface area contributed by atoms with Crippen LogP contribution in [-0.2, 0) is 0 Å². The first kappa shape index (κ1) is 11.4. The molecule has 3 nitrogen and oxygen atoms in total. The van der Waals surface area contributed by atoms with Crippen LogP contribution in [0.4, 0.5) is 0 Å². The third-order valence-electron chi connectivity index (χ3n) is 2.65. The molecule has 4 heteroatoms. The fourth-order valence-corrected chi connectivity index (χ4v) is 2.62. The van der Waals surface area contributed by atoms with Crippen molar-refractivity contribution in [2.24, 2.45) is 0 Å². The molecule has 0 aliphatic rings. The van der Waals surface area contributed by atoms with Gasteiger partial charge < -0.3 is 9.73 Å². The van der Waals surface area contributed by atoms with Crippen molar-refractivity contribution >= 4 is 11.3 Å². The van der Waals surface area contributed by atoms with Crippen molar-refractivity contribution in [1.29, 1.82) is 0 Å². The van der Waals surface area contributed by atoms with Gasteiger partial charge in [0.05, 0.1) is 23.5 Å². The van der Waals surface area contributed by atoms with Crippen LogP contribution in [0.15, 0.2) is 28.3 Å². The van der Waals surface area contributed by atoms with Crippen LogP contribution in [0.1, 0.15) is 42.3 Å². The number of nitrogens with one attached hydrogen (secondary N) is 1. The first-order valence-corrected chi connectivity index (χ1v) is 6.26. The van der Waals surface area contributed by atoms with Crippen LogP contribution in [0.25, 0.3) is 0 Å². The molecular formula is C12H16N2OS. The highest BCUT2D eigenvalue weighted by molar-refractivity contribution is 7.09. The maximum atomic E-state index is 5.37. The van der Waals surface area contributed by atoms with Crippen molar-refractivity contribution in [3.05, 3.63) is 40.2 Å². The van der Waals surface area contributed by atoms with Crippen molar-refractivity contribution in [3.8, 4) is 0 Å². The fraction of sp³-hybridized carbons (Fsp3) is 0.417. The minimum atomic E-state index is 0.214. The predicted molar refractivity (Wildman–Crippen MR) is 65.5 cm³/mol. The van der Waals surface area contributed by atoms with Gasteiger partial charge in [-0.25, -0.2) is 4.98 Å². The normalized spacial score (nSPS) is 14.9. The van der Waals surface area contributed by atoms with Gasteiger partial charge in [0.25, 0.3) is 0 Å². The quantitative estimate of drug-likeness (QED) is 0.883. The molecule has 0 radical (unpaired) electrons. The Balaban J connectivity index is 2.03. The van der Waals surface area contributed by atoms with E-state index in [0.717, 1.165) is 11.5 Å². The van der Waals surface area contributed by atoms with Gasteiger partial charge in [-0.15, -0.1) is 11.3 Å².